The zero-order valence-electron chi connectivity index (χ0n) is 11.3. The molecular formula is C14H23NO2. The van der Waals surface area contributed by atoms with Crippen molar-refractivity contribution in [2.45, 2.75) is 39.8 Å². The molecule has 3 nitrogen and oxygen atoms in total. The third kappa shape index (κ3) is 2.99. The molecule has 1 aromatic rings. The van der Waals surface area contributed by atoms with E-state index in [0.29, 0.717) is 0 Å². The van der Waals surface area contributed by atoms with Crippen molar-refractivity contribution in [1.29, 1.82) is 0 Å². The number of hydrogen-bond donors (Lipinski definition) is 2. The zero-order chi connectivity index (χ0) is 13.2. The molecule has 0 radical (unpaired) electrons. The van der Waals surface area contributed by atoms with Crippen molar-refractivity contribution in [2.75, 3.05) is 7.11 Å². The summed E-state index contributed by atoms with van der Waals surface area (Å²) in [7, 11) is 1.65. The predicted molar refractivity (Wildman–Crippen MR) is 70.2 cm³/mol. The molecule has 0 bridgehead atoms. The van der Waals surface area contributed by atoms with Crippen molar-refractivity contribution in [3.05, 3.63) is 28.8 Å². The molecule has 17 heavy (non-hydrogen) atoms. The number of ether oxygens (including phenoxy) is 1. The predicted octanol–water partition coefficient (Wildman–Crippen LogP) is 2.33. The summed E-state index contributed by atoms with van der Waals surface area (Å²) >= 11 is 0. The van der Waals surface area contributed by atoms with E-state index in [1.807, 2.05) is 39.8 Å². The van der Waals surface area contributed by atoms with Crippen LogP contribution >= 0.6 is 0 Å². The Balaban J connectivity index is 3.10. The molecule has 0 saturated carbocycles. The molecule has 0 spiro atoms. The van der Waals surface area contributed by atoms with Crippen LogP contribution < -0.4 is 10.5 Å². The molecule has 0 heterocycles. The molecule has 2 unspecified atom stereocenters. The van der Waals surface area contributed by atoms with Crippen LogP contribution in [0, 0.1) is 19.8 Å². The quantitative estimate of drug-likeness (QED) is 0.845. The third-order valence-corrected chi connectivity index (χ3v) is 3.24. The Kier molecular flexibility index (Phi) is 4.54. The Labute approximate surface area is 104 Å². The van der Waals surface area contributed by atoms with Crippen LogP contribution in [0.25, 0.3) is 0 Å². The van der Waals surface area contributed by atoms with Gasteiger partial charge in [0.2, 0.25) is 0 Å². The number of rotatable bonds is 4. The van der Waals surface area contributed by atoms with Gasteiger partial charge in [-0.3, -0.25) is 0 Å². The standard InChI is InChI=1S/C14H23NO2/c1-8(2)13(15)14(16)11-6-10(4)12(17-5)7-9(11)3/h6-8,13-14,16H,15H2,1-5H3. The minimum Gasteiger partial charge on any atom is -0.496 e. The van der Waals surface area contributed by atoms with E-state index in [4.69, 9.17) is 10.5 Å². The van der Waals surface area contributed by atoms with Crippen molar-refractivity contribution in [2.24, 2.45) is 11.7 Å². The largest absolute Gasteiger partial charge is 0.496 e. The minimum atomic E-state index is -0.625. The lowest BCUT2D eigenvalue weighted by molar-refractivity contribution is 0.125. The lowest BCUT2D eigenvalue weighted by Crippen LogP contribution is -2.33. The van der Waals surface area contributed by atoms with E-state index in [-0.39, 0.29) is 12.0 Å². The average Bonchev–Trinajstić information content (AvgIpc) is 2.29. The number of benzene rings is 1. The van der Waals surface area contributed by atoms with Crippen molar-refractivity contribution in [3.63, 3.8) is 0 Å². The maximum Gasteiger partial charge on any atom is 0.122 e. The number of methoxy groups -OCH3 is 1. The summed E-state index contributed by atoms with van der Waals surface area (Å²) in [4.78, 5) is 0. The molecule has 3 heteroatoms. The summed E-state index contributed by atoms with van der Waals surface area (Å²) in [6, 6.07) is 3.66. The van der Waals surface area contributed by atoms with E-state index in [0.717, 1.165) is 22.4 Å². The molecule has 1 aromatic carbocycles. The smallest absolute Gasteiger partial charge is 0.122 e. The first-order chi connectivity index (χ1) is 7.88. The van der Waals surface area contributed by atoms with Crippen molar-refractivity contribution < 1.29 is 9.84 Å². The van der Waals surface area contributed by atoms with Crippen molar-refractivity contribution >= 4 is 0 Å². The molecule has 0 aliphatic rings. The first-order valence-electron chi connectivity index (χ1n) is 5.97. The van der Waals surface area contributed by atoms with E-state index < -0.39 is 6.10 Å². The maximum absolute atomic E-state index is 10.3. The van der Waals surface area contributed by atoms with Crippen LogP contribution in [0.15, 0.2) is 12.1 Å². The van der Waals surface area contributed by atoms with Crippen molar-refractivity contribution in [1.82, 2.24) is 0 Å². The topological polar surface area (TPSA) is 55.5 Å². The van der Waals surface area contributed by atoms with Gasteiger partial charge in [-0.15, -0.1) is 0 Å². The van der Waals surface area contributed by atoms with E-state index >= 15 is 0 Å². The highest BCUT2D eigenvalue weighted by molar-refractivity contribution is 5.42. The van der Waals surface area contributed by atoms with Gasteiger partial charge in [-0.2, -0.15) is 0 Å². The number of aryl methyl sites for hydroxylation is 2. The molecule has 96 valence electrons. The molecule has 0 aliphatic carbocycles. The van der Waals surface area contributed by atoms with Gasteiger partial charge in [0.05, 0.1) is 13.2 Å². The second-order valence-corrected chi connectivity index (χ2v) is 4.94. The zero-order valence-corrected chi connectivity index (χ0v) is 11.3. The number of aliphatic hydroxyl groups excluding tert-OH is 1. The van der Waals surface area contributed by atoms with Gasteiger partial charge in [-0.25, -0.2) is 0 Å². The van der Waals surface area contributed by atoms with E-state index in [9.17, 15) is 5.11 Å². The molecule has 3 N–H and O–H groups in total. The van der Waals surface area contributed by atoms with Crippen LogP contribution in [0.5, 0.6) is 5.75 Å². The van der Waals surface area contributed by atoms with Crippen LogP contribution in [-0.2, 0) is 0 Å². The van der Waals surface area contributed by atoms with E-state index in [1.54, 1.807) is 7.11 Å². The lowest BCUT2D eigenvalue weighted by atomic mass is 9.90. The molecule has 0 amide bonds. The number of nitrogens with two attached hydrogens (primary N) is 1. The molecular weight excluding hydrogens is 214 g/mol. The monoisotopic (exact) mass is 237 g/mol. The van der Waals surface area contributed by atoms with Gasteiger partial charge >= 0.3 is 0 Å². The molecule has 0 aromatic heterocycles. The maximum atomic E-state index is 10.3. The van der Waals surface area contributed by atoms with Crippen LogP contribution in [0.1, 0.15) is 36.6 Å². The number of aliphatic hydroxyl groups is 1. The minimum absolute atomic E-state index is 0.242. The fourth-order valence-electron chi connectivity index (χ4n) is 1.92. The summed E-state index contributed by atoms with van der Waals surface area (Å²) in [5.41, 5.74) is 8.92. The molecule has 2 atom stereocenters. The molecule has 0 saturated heterocycles. The molecule has 0 aliphatic heterocycles. The van der Waals surface area contributed by atoms with Gasteiger partial charge in [0.25, 0.3) is 0 Å². The van der Waals surface area contributed by atoms with Gasteiger partial charge < -0.3 is 15.6 Å². The first-order valence-corrected chi connectivity index (χ1v) is 5.97. The highest BCUT2D eigenvalue weighted by atomic mass is 16.5. The molecule has 0 fully saturated rings. The second kappa shape index (κ2) is 5.52. The summed E-state index contributed by atoms with van der Waals surface area (Å²) < 4.78 is 5.26. The lowest BCUT2D eigenvalue weighted by Gasteiger charge is -2.24. The van der Waals surface area contributed by atoms with Crippen LogP contribution in [0.4, 0.5) is 0 Å². The Morgan fingerprint density at radius 1 is 1.18 bits per heavy atom. The summed E-state index contributed by atoms with van der Waals surface area (Å²) in [6.07, 6.45) is -0.625. The Bertz CT molecular complexity index is 388. The van der Waals surface area contributed by atoms with E-state index in [2.05, 4.69) is 0 Å². The van der Waals surface area contributed by atoms with Crippen LogP contribution in [0.2, 0.25) is 0 Å². The van der Waals surface area contributed by atoms with Crippen LogP contribution in [-0.4, -0.2) is 18.3 Å². The fourth-order valence-corrected chi connectivity index (χ4v) is 1.92. The Morgan fingerprint density at radius 3 is 2.24 bits per heavy atom. The van der Waals surface area contributed by atoms with Gasteiger partial charge in [-0.05, 0) is 48.6 Å². The Hall–Kier alpha value is -1.06. The second-order valence-electron chi connectivity index (χ2n) is 4.94. The number of hydrogen-bond acceptors (Lipinski definition) is 3. The van der Waals surface area contributed by atoms with Gasteiger partial charge in [0.1, 0.15) is 5.75 Å². The Morgan fingerprint density at radius 2 is 1.76 bits per heavy atom. The third-order valence-electron chi connectivity index (χ3n) is 3.24. The summed E-state index contributed by atoms with van der Waals surface area (Å²) in [6.45, 7) is 7.96. The average molecular weight is 237 g/mol. The normalized spacial score (nSPS) is 14.8. The summed E-state index contributed by atoms with van der Waals surface area (Å²) in [5.74, 6) is 1.09. The van der Waals surface area contributed by atoms with Gasteiger partial charge in [0, 0.05) is 6.04 Å². The highest BCUT2D eigenvalue weighted by Gasteiger charge is 2.22. The fraction of sp³-hybridized carbons (Fsp3) is 0.571. The molecule has 1 rings (SSSR count). The SMILES string of the molecule is COc1cc(C)c(C(O)C(N)C(C)C)cc1C. The van der Waals surface area contributed by atoms with Crippen LogP contribution in [0.3, 0.4) is 0 Å². The summed E-state index contributed by atoms with van der Waals surface area (Å²) in [5, 5.41) is 10.3. The van der Waals surface area contributed by atoms with Gasteiger partial charge in [0.15, 0.2) is 0 Å². The van der Waals surface area contributed by atoms with Gasteiger partial charge in [-0.1, -0.05) is 13.8 Å². The first kappa shape index (κ1) is 14.0. The van der Waals surface area contributed by atoms with Crippen molar-refractivity contribution in [3.8, 4) is 5.75 Å². The highest BCUT2D eigenvalue weighted by Crippen LogP contribution is 2.29. The van der Waals surface area contributed by atoms with E-state index in [1.165, 1.54) is 0 Å².